The molecule has 1 aliphatic rings. The second kappa shape index (κ2) is 4.84. The van der Waals surface area contributed by atoms with Gasteiger partial charge in [-0.3, -0.25) is 10.1 Å². The van der Waals surface area contributed by atoms with Gasteiger partial charge in [-0.2, -0.15) is 0 Å². The Labute approximate surface area is 86.1 Å². The highest BCUT2D eigenvalue weighted by atomic mass is 19.1. The Morgan fingerprint density at radius 2 is 2.07 bits per heavy atom. The van der Waals surface area contributed by atoms with Gasteiger partial charge in [0.05, 0.1) is 12.6 Å². The molecule has 6 nitrogen and oxygen atoms in total. The number of alkyl halides is 1. The van der Waals surface area contributed by atoms with Crippen LogP contribution in [0.3, 0.4) is 0 Å². The quantitative estimate of drug-likeness (QED) is 0.345. The molecule has 5 unspecified atom stereocenters. The lowest BCUT2D eigenvalue weighted by molar-refractivity contribution is -0.137. The van der Waals surface area contributed by atoms with Crippen molar-refractivity contribution in [2.24, 2.45) is 0 Å². The van der Waals surface area contributed by atoms with Crippen LogP contribution in [-0.4, -0.2) is 65.3 Å². The Morgan fingerprint density at radius 1 is 1.47 bits per heavy atom. The number of hydrogen-bond donors (Lipinski definition) is 5. The molecule has 7 heteroatoms. The number of rotatable bonds is 2. The van der Waals surface area contributed by atoms with Gasteiger partial charge in [-0.25, -0.2) is 4.39 Å². The Balaban J connectivity index is 2.78. The zero-order valence-electron chi connectivity index (χ0n) is 8.22. The van der Waals surface area contributed by atoms with Crippen LogP contribution in [0, 0.1) is 0 Å². The van der Waals surface area contributed by atoms with Crippen molar-refractivity contribution in [1.29, 1.82) is 0 Å². The topological polar surface area (TPSA) is 102 Å². The summed E-state index contributed by atoms with van der Waals surface area (Å²) in [6.07, 6.45) is -5.00. The van der Waals surface area contributed by atoms with Crippen molar-refractivity contribution in [3.05, 3.63) is 0 Å². The molecular weight excluding hydrogens is 207 g/mol. The minimum absolute atomic E-state index is 0.557. The molecule has 0 aromatic rings. The molecule has 1 fully saturated rings. The lowest BCUT2D eigenvalue weighted by atomic mass is 9.91. The molecule has 1 amide bonds. The molecule has 0 radical (unpaired) electrons. The maximum Gasteiger partial charge on any atom is 0.239 e. The van der Waals surface area contributed by atoms with Gasteiger partial charge in [0, 0.05) is 7.05 Å². The van der Waals surface area contributed by atoms with Crippen molar-refractivity contribution in [3.8, 4) is 0 Å². The third-order valence-electron chi connectivity index (χ3n) is 2.52. The number of amides is 1. The summed E-state index contributed by atoms with van der Waals surface area (Å²) >= 11 is 0. The molecule has 1 aliphatic heterocycles. The summed E-state index contributed by atoms with van der Waals surface area (Å²) in [6, 6.07) is -2.17. The maximum atomic E-state index is 13.3. The molecule has 0 spiro atoms. The molecule has 88 valence electrons. The zero-order valence-corrected chi connectivity index (χ0v) is 8.22. The van der Waals surface area contributed by atoms with Crippen molar-refractivity contribution in [2.75, 3.05) is 13.7 Å². The molecule has 1 rings (SSSR count). The third kappa shape index (κ3) is 2.25. The van der Waals surface area contributed by atoms with E-state index in [0.29, 0.717) is 0 Å². The molecule has 15 heavy (non-hydrogen) atoms. The molecule has 0 aromatic heterocycles. The van der Waals surface area contributed by atoms with Crippen LogP contribution in [0.4, 0.5) is 4.39 Å². The minimum atomic E-state index is -1.80. The molecule has 1 saturated heterocycles. The summed E-state index contributed by atoms with van der Waals surface area (Å²) in [6.45, 7) is -0.557. The first-order chi connectivity index (χ1) is 7.02. The number of piperidine rings is 1. The van der Waals surface area contributed by atoms with Crippen LogP contribution in [0.2, 0.25) is 0 Å². The zero-order chi connectivity index (χ0) is 11.6. The largest absolute Gasteiger partial charge is 0.395 e. The van der Waals surface area contributed by atoms with E-state index < -0.39 is 43.0 Å². The van der Waals surface area contributed by atoms with Crippen LogP contribution < -0.4 is 10.6 Å². The van der Waals surface area contributed by atoms with E-state index in [9.17, 15) is 19.4 Å². The Morgan fingerprint density at radius 3 is 2.53 bits per heavy atom. The van der Waals surface area contributed by atoms with Gasteiger partial charge < -0.3 is 20.6 Å². The van der Waals surface area contributed by atoms with Crippen molar-refractivity contribution >= 4 is 5.91 Å². The normalized spacial score (nSPS) is 41.3. The highest BCUT2D eigenvalue weighted by Crippen LogP contribution is 2.18. The number of halogens is 1. The lowest BCUT2D eigenvalue weighted by Crippen LogP contribution is -2.68. The molecule has 0 aliphatic carbocycles. The fourth-order valence-corrected chi connectivity index (χ4v) is 1.58. The van der Waals surface area contributed by atoms with E-state index in [0.717, 1.165) is 0 Å². The van der Waals surface area contributed by atoms with E-state index in [2.05, 4.69) is 10.6 Å². The van der Waals surface area contributed by atoms with Gasteiger partial charge in [-0.1, -0.05) is 0 Å². The Bertz CT molecular complexity index is 239. The molecule has 0 aromatic carbocycles. The number of likely N-dealkylation sites (N-methyl/N-ethyl adjacent to an activating group) is 1. The average Bonchev–Trinajstić information content (AvgIpc) is 2.25. The smallest absolute Gasteiger partial charge is 0.239 e. The fourth-order valence-electron chi connectivity index (χ4n) is 1.58. The van der Waals surface area contributed by atoms with Crippen LogP contribution in [0.15, 0.2) is 0 Å². The van der Waals surface area contributed by atoms with Crippen molar-refractivity contribution < 1.29 is 24.5 Å². The number of carbonyl (C=O) groups is 1. The van der Waals surface area contributed by atoms with Crippen LogP contribution >= 0.6 is 0 Å². The van der Waals surface area contributed by atoms with E-state index in [1.165, 1.54) is 7.05 Å². The molecule has 0 bridgehead atoms. The fraction of sp³-hybridized carbons (Fsp3) is 0.875. The number of hydrogen-bond acceptors (Lipinski definition) is 5. The van der Waals surface area contributed by atoms with Gasteiger partial charge in [0.15, 0.2) is 0 Å². The molecule has 0 saturated carbocycles. The monoisotopic (exact) mass is 222 g/mol. The van der Waals surface area contributed by atoms with Crippen molar-refractivity contribution in [2.45, 2.75) is 30.5 Å². The van der Waals surface area contributed by atoms with Crippen LogP contribution in [0.5, 0.6) is 0 Å². The summed E-state index contributed by atoms with van der Waals surface area (Å²) in [5.74, 6) is -0.563. The Hall–Kier alpha value is -0.760. The van der Waals surface area contributed by atoms with E-state index in [4.69, 9.17) is 5.11 Å². The number of aliphatic hydroxyl groups is 3. The molecular formula is C8H15FN2O4. The van der Waals surface area contributed by atoms with Gasteiger partial charge >= 0.3 is 0 Å². The molecule has 5 atom stereocenters. The predicted octanol–water partition coefficient (Wildman–Crippen LogP) is -2.87. The van der Waals surface area contributed by atoms with E-state index >= 15 is 0 Å². The second-order valence-electron chi connectivity index (χ2n) is 3.47. The van der Waals surface area contributed by atoms with Gasteiger partial charge in [0.2, 0.25) is 5.91 Å². The van der Waals surface area contributed by atoms with Crippen LogP contribution in [0.1, 0.15) is 0 Å². The molecule has 5 N–H and O–H groups in total. The van der Waals surface area contributed by atoms with E-state index in [1.54, 1.807) is 0 Å². The first-order valence-electron chi connectivity index (χ1n) is 4.61. The van der Waals surface area contributed by atoms with Gasteiger partial charge in [0.25, 0.3) is 0 Å². The Kier molecular flexibility index (Phi) is 3.97. The second-order valence-corrected chi connectivity index (χ2v) is 3.47. The van der Waals surface area contributed by atoms with E-state index in [-0.39, 0.29) is 0 Å². The number of carbonyl (C=O) groups excluding carboxylic acids is 1. The SMILES string of the molecule is CNC(=O)C1NC(CO)C(F)C(O)C1O. The molecule has 1 heterocycles. The van der Waals surface area contributed by atoms with Crippen molar-refractivity contribution in [1.82, 2.24) is 10.6 Å². The summed E-state index contributed by atoms with van der Waals surface area (Å²) < 4.78 is 13.3. The standard InChI is InChI=1S/C8H15FN2O4/c1-10-8(15)5-7(14)6(13)4(9)3(2-12)11-5/h3-7,11-14H,2H2,1H3,(H,10,15). The van der Waals surface area contributed by atoms with Gasteiger partial charge in [-0.05, 0) is 0 Å². The first-order valence-corrected chi connectivity index (χ1v) is 4.61. The minimum Gasteiger partial charge on any atom is -0.395 e. The predicted molar refractivity (Wildman–Crippen MR) is 48.8 cm³/mol. The summed E-state index contributed by atoms with van der Waals surface area (Å²) in [7, 11) is 1.36. The number of nitrogens with one attached hydrogen (secondary N) is 2. The lowest BCUT2D eigenvalue weighted by Gasteiger charge is -2.38. The summed E-state index contributed by atoms with van der Waals surface area (Å²) in [5.41, 5.74) is 0. The average molecular weight is 222 g/mol. The van der Waals surface area contributed by atoms with Crippen molar-refractivity contribution in [3.63, 3.8) is 0 Å². The number of aliphatic hydroxyl groups excluding tert-OH is 3. The summed E-state index contributed by atoms with van der Waals surface area (Å²) in [5, 5.41) is 32.3. The van der Waals surface area contributed by atoms with Gasteiger partial charge in [0.1, 0.15) is 24.4 Å². The third-order valence-corrected chi connectivity index (χ3v) is 2.52. The maximum absolute atomic E-state index is 13.3. The van der Waals surface area contributed by atoms with Gasteiger partial charge in [-0.15, -0.1) is 0 Å². The highest BCUT2D eigenvalue weighted by molar-refractivity contribution is 5.82. The van der Waals surface area contributed by atoms with E-state index in [1.807, 2.05) is 0 Å². The van der Waals surface area contributed by atoms with Crippen LogP contribution in [0.25, 0.3) is 0 Å². The summed E-state index contributed by atoms with van der Waals surface area (Å²) in [4.78, 5) is 11.2. The van der Waals surface area contributed by atoms with Crippen LogP contribution in [-0.2, 0) is 4.79 Å². The highest BCUT2D eigenvalue weighted by Gasteiger charge is 2.45. The first kappa shape index (κ1) is 12.3.